The number of rotatable bonds is 14. The Hall–Kier alpha value is -3.07. The zero-order valence-electron chi connectivity index (χ0n) is 24.6. The maximum Gasteiger partial charge on any atom is 0.243 e. The van der Waals surface area contributed by atoms with Gasteiger partial charge in [-0.25, -0.2) is 8.42 Å². The van der Waals surface area contributed by atoms with E-state index in [1.54, 1.807) is 23.1 Å². The topological polar surface area (TPSA) is 86.8 Å². The van der Waals surface area contributed by atoms with Gasteiger partial charge in [-0.15, -0.1) is 0 Å². The maximum atomic E-state index is 13.9. The van der Waals surface area contributed by atoms with Crippen LogP contribution in [0.2, 0.25) is 10.0 Å². The van der Waals surface area contributed by atoms with E-state index in [0.717, 1.165) is 29.4 Å². The first-order valence-corrected chi connectivity index (χ1v) is 16.6. The molecule has 0 aliphatic rings. The Morgan fingerprint density at radius 1 is 0.952 bits per heavy atom. The van der Waals surface area contributed by atoms with Crippen LogP contribution in [-0.4, -0.2) is 50.5 Å². The highest BCUT2D eigenvalue weighted by Crippen LogP contribution is 2.26. The third kappa shape index (κ3) is 9.75. The van der Waals surface area contributed by atoms with Crippen molar-refractivity contribution in [2.75, 3.05) is 23.7 Å². The number of anilines is 1. The minimum absolute atomic E-state index is 0.0361. The number of hydrogen-bond acceptors (Lipinski definition) is 4. The Morgan fingerprint density at radius 2 is 1.62 bits per heavy atom. The van der Waals surface area contributed by atoms with E-state index in [9.17, 15) is 18.0 Å². The summed E-state index contributed by atoms with van der Waals surface area (Å²) in [6, 6.07) is 19.4. The predicted molar refractivity (Wildman–Crippen MR) is 172 cm³/mol. The van der Waals surface area contributed by atoms with E-state index in [0.29, 0.717) is 34.3 Å². The normalized spacial score (nSPS) is 12.0. The van der Waals surface area contributed by atoms with Gasteiger partial charge < -0.3 is 10.2 Å². The summed E-state index contributed by atoms with van der Waals surface area (Å²) in [7, 11) is -3.59. The first-order valence-electron chi connectivity index (χ1n) is 14.0. The molecule has 3 aromatic carbocycles. The number of nitrogens with one attached hydrogen (secondary N) is 1. The van der Waals surface area contributed by atoms with Crippen molar-refractivity contribution in [2.45, 2.75) is 59.0 Å². The van der Waals surface area contributed by atoms with Crippen LogP contribution in [0, 0.1) is 13.8 Å². The van der Waals surface area contributed by atoms with E-state index in [4.69, 9.17) is 23.2 Å². The molecule has 1 atom stereocenters. The van der Waals surface area contributed by atoms with Gasteiger partial charge in [-0.2, -0.15) is 0 Å². The van der Waals surface area contributed by atoms with Crippen molar-refractivity contribution >= 4 is 50.7 Å². The minimum atomic E-state index is -3.59. The van der Waals surface area contributed by atoms with Crippen LogP contribution < -0.4 is 9.62 Å². The summed E-state index contributed by atoms with van der Waals surface area (Å²) in [4.78, 5) is 29.0. The van der Waals surface area contributed by atoms with Crippen molar-refractivity contribution in [2.24, 2.45) is 0 Å². The van der Waals surface area contributed by atoms with Gasteiger partial charge in [0.05, 0.1) is 11.9 Å². The molecule has 10 heteroatoms. The fourth-order valence-corrected chi connectivity index (χ4v) is 6.27. The molecule has 3 aromatic rings. The Labute approximate surface area is 259 Å². The zero-order valence-corrected chi connectivity index (χ0v) is 26.9. The van der Waals surface area contributed by atoms with E-state index in [2.05, 4.69) is 5.32 Å². The molecule has 0 aromatic heterocycles. The monoisotopic (exact) mass is 631 g/mol. The van der Waals surface area contributed by atoms with Gasteiger partial charge in [0.2, 0.25) is 21.8 Å². The van der Waals surface area contributed by atoms with E-state index >= 15 is 0 Å². The highest BCUT2D eigenvalue weighted by Gasteiger charge is 2.31. The molecule has 0 fully saturated rings. The molecular formula is C32H39Cl2N3O4S. The number of benzene rings is 3. The van der Waals surface area contributed by atoms with E-state index in [1.165, 1.54) is 4.31 Å². The molecule has 0 spiro atoms. The van der Waals surface area contributed by atoms with Crippen LogP contribution in [0.5, 0.6) is 0 Å². The van der Waals surface area contributed by atoms with E-state index in [1.807, 2.05) is 69.3 Å². The summed E-state index contributed by atoms with van der Waals surface area (Å²) in [6.45, 7) is 6.49. The Kier molecular flexibility index (Phi) is 12.3. The van der Waals surface area contributed by atoms with E-state index in [-0.39, 0.29) is 37.7 Å². The van der Waals surface area contributed by atoms with Crippen molar-refractivity contribution in [3.63, 3.8) is 0 Å². The van der Waals surface area contributed by atoms with Crippen molar-refractivity contribution < 1.29 is 18.0 Å². The third-order valence-corrected chi connectivity index (χ3v) is 8.60. The zero-order chi connectivity index (χ0) is 30.9. The summed E-state index contributed by atoms with van der Waals surface area (Å²) in [6.07, 6.45) is 2.52. The molecular weight excluding hydrogens is 593 g/mol. The van der Waals surface area contributed by atoms with Crippen LogP contribution in [0.25, 0.3) is 0 Å². The van der Waals surface area contributed by atoms with Crippen molar-refractivity contribution in [1.82, 2.24) is 10.2 Å². The third-order valence-electron chi connectivity index (χ3n) is 6.82. The second-order valence-electron chi connectivity index (χ2n) is 10.5. The first kappa shape index (κ1) is 33.4. The first-order chi connectivity index (χ1) is 19.9. The fraction of sp³-hybridized carbons (Fsp3) is 0.375. The second kappa shape index (κ2) is 15.4. The average molecular weight is 633 g/mol. The Bertz CT molecular complexity index is 1460. The predicted octanol–water partition coefficient (Wildman–Crippen LogP) is 6.32. The number of carbonyl (C=O) groups excluding carboxylic acids is 2. The molecule has 3 rings (SSSR count). The standard InChI is InChI=1S/C32H39Cl2N3O4S/c1-5-15-35-32(39)30(20-25-10-7-6-8-11-25)36(22-26-13-14-27(33)21-29(26)34)31(38)12-9-16-37(42(4,40)41)28-18-23(2)17-24(3)19-28/h6-8,10-11,13-14,17-19,21,30H,5,9,12,15-16,20,22H2,1-4H3,(H,35,39). The maximum absolute atomic E-state index is 13.9. The molecule has 0 radical (unpaired) electrons. The minimum Gasteiger partial charge on any atom is -0.354 e. The molecule has 226 valence electrons. The van der Waals surface area contributed by atoms with Gasteiger partial charge in [0.25, 0.3) is 0 Å². The average Bonchev–Trinajstić information content (AvgIpc) is 2.91. The SMILES string of the molecule is CCCNC(=O)C(Cc1ccccc1)N(Cc1ccc(Cl)cc1Cl)C(=O)CCCN(c1cc(C)cc(C)c1)S(C)(=O)=O. The van der Waals surface area contributed by atoms with Crippen LogP contribution in [0.15, 0.2) is 66.7 Å². The molecule has 0 heterocycles. The fourth-order valence-electron chi connectivity index (χ4n) is 4.85. The lowest BCUT2D eigenvalue weighted by molar-refractivity contribution is -0.141. The van der Waals surface area contributed by atoms with Gasteiger partial charge in [-0.05, 0) is 73.2 Å². The van der Waals surface area contributed by atoms with Gasteiger partial charge >= 0.3 is 0 Å². The van der Waals surface area contributed by atoms with Crippen LogP contribution >= 0.6 is 23.2 Å². The van der Waals surface area contributed by atoms with Gasteiger partial charge in [0.15, 0.2) is 0 Å². The van der Waals surface area contributed by atoms with Crippen LogP contribution in [0.4, 0.5) is 5.69 Å². The second-order valence-corrected chi connectivity index (χ2v) is 13.3. The van der Waals surface area contributed by atoms with Gasteiger partial charge in [-0.3, -0.25) is 13.9 Å². The lowest BCUT2D eigenvalue weighted by Gasteiger charge is -2.32. The number of halogens is 2. The summed E-state index contributed by atoms with van der Waals surface area (Å²) >= 11 is 12.6. The summed E-state index contributed by atoms with van der Waals surface area (Å²) < 4.78 is 26.8. The number of carbonyl (C=O) groups is 2. The highest BCUT2D eigenvalue weighted by atomic mass is 35.5. The number of amides is 2. The van der Waals surface area contributed by atoms with E-state index < -0.39 is 16.1 Å². The van der Waals surface area contributed by atoms with Crippen molar-refractivity contribution in [3.8, 4) is 0 Å². The van der Waals surface area contributed by atoms with Crippen molar-refractivity contribution in [1.29, 1.82) is 0 Å². The number of sulfonamides is 1. The van der Waals surface area contributed by atoms with Gasteiger partial charge in [0, 0.05) is 42.5 Å². The summed E-state index contributed by atoms with van der Waals surface area (Å²) in [5, 5.41) is 3.81. The lowest BCUT2D eigenvalue weighted by atomic mass is 10.0. The smallest absolute Gasteiger partial charge is 0.243 e. The van der Waals surface area contributed by atoms with Gasteiger partial charge in [0.1, 0.15) is 6.04 Å². The van der Waals surface area contributed by atoms with Crippen LogP contribution in [0.1, 0.15) is 48.4 Å². The number of nitrogens with zero attached hydrogens (tertiary/aromatic N) is 2. The quantitative estimate of drug-likeness (QED) is 0.225. The van der Waals surface area contributed by atoms with Crippen LogP contribution in [-0.2, 0) is 32.6 Å². The van der Waals surface area contributed by atoms with Gasteiger partial charge in [-0.1, -0.05) is 72.6 Å². The summed E-state index contributed by atoms with van der Waals surface area (Å²) in [5.74, 6) is -0.533. The largest absolute Gasteiger partial charge is 0.354 e. The highest BCUT2D eigenvalue weighted by molar-refractivity contribution is 7.92. The molecule has 0 saturated carbocycles. The molecule has 1 unspecified atom stereocenters. The molecule has 0 aliphatic carbocycles. The molecule has 0 bridgehead atoms. The van der Waals surface area contributed by atoms with Crippen LogP contribution in [0.3, 0.4) is 0 Å². The molecule has 1 N–H and O–H groups in total. The molecule has 7 nitrogen and oxygen atoms in total. The molecule has 42 heavy (non-hydrogen) atoms. The molecule has 0 aliphatic heterocycles. The van der Waals surface area contributed by atoms with Crippen molar-refractivity contribution in [3.05, 3.63) is 99.0 Å². The lowest BCUT2D eigenvalue weighted by Crippen LogP contribution is -2.50. The number of aryl methyl sites for hydroxylation is 2. The summed E-state index contributed by atoms with van der Waals surface area (Å²) in [5.41, 5.74) is 4.02. The molecule has 2 amide bonds. The molecule has 0 saturated heterocycles. The Morgan fingerprint density at radius 3 is 2.21 bits per heavy atom. The number of hydrogen-bond donors (Lipinski definition) is 1. The Balaban J connectivity index is 1.91.